The second kappa shape index (κ2) is 8.43. The van der Waals surface area contributed by atoms with Crippen LogP contribution in [0.15, 0.2) is 30.3 Å². The first-order valence-corrected chi connectivity index (χ1v) is 8.27. The van der Waals surface area contributed by atoms with E-state index < -0.39 is 0 Å². The molecule has 1 fully saturated rings. The molecule has 3 unspecified atom stereocenters. The van der Waals surface area contributed by atoms with E-state index in [1.54, 1.807) is 0 Å². The van der Waals surface area contributed by atoms with Crippen LogP contribution >= 0.6 is 0 Å². The number of hydrogen-bond donors (Lipinski definition) is 2. The number of nitrogens with one attached hydrogen (secondary N) is 1. The lowest BCUT2D eigenvalue weighted by Gasteiger charge is -2.34. The number of unbranched alkanes of at least 4 members (excludes halogenated alkanes) is 1. The van der Waals surface area contributed by atoms with Crippen molar-refractivity contribution in [2.24, 2.45) is 5.92 Å². The lowest BCUT2D eigenvalue weighted by molar-refractivity contribution is 0.144. The Morgan fingerprint density at radius 1 is 1.20 bits per heavy atom. The minimum absolute atomic E-state index is 0.326. The van der Waals surface area contributed by atoms with Crippen molar-refractivity contribution in [1.29, 1.82) is 0 Å². The molecule has 0 spiro atoms. The highest BCUT2D eigenvalue weighted by Gasteiger charge is 2.26. The summed E-state index contributed by atoms with van der Waals surface area (Å²) in [6, 6.07) is 11.7. The second-order valence-electron chi connectivity index (χ2n) is 6.11. The largest absolute Gasteiger partial charge is 0.396 e. The van der Waals surface area contributed by atoms with Crippen LogP contribution in [-0.2, 0) is 0 Å². The fraction of sp³-hybridized carbons (Fsp3) is 0.667. The molecular formula is C18H29NO. The second-order valence-corrected chi connectivity index (χ2v) is 6.11. The predicted octanol–water partition coefficient (Wildman–Crippen LogP) is 4.06. The van der Waals surface area contributed by atoms with Gasteiger partial charge in [0.1, 0.15) is 0 Å². The highest BCUT2D eigenvalue weighted by Crippen LogP contribution is 2.28. The molecule has 0 amide bonds. The van der Waals surface area contributed by atoms with E-state index in [0.717, 1.165) is 0 Å². The molecule has 1 aliphatic rings. The molecule has 1 saturated carbocycles. The van der Waals surface area contributed by atoms with Gasteiger partial charge in [0.2, 0.25) is 0 Å². The van der Waals surface area contributed by atoms with Gasteiger partial charge >= 0.3 is 0 Å². The molecule has 20 heavy (non-hydrogen) atoms. The Labute approximate surface area is 123 Å². The van der Waals surface area contributed by atoms with Crippen molar-refractivity contribution < 1.29 is 5.11 Å². The molecule has 2 rings (SSSR count). The molecule has 2 nitrogen and oxygen atoms in total. The summed E-state index contributed by atoms with van der Waals surface area (Å²) < 4.78 is 0. The Morgan fingerprint density at radius 2 is 1.95 bits per heavy atom. The molecule has 0 heterocycles. The fourth-order valence-electron chi connectivity index (χ4n) is 3.34. The maximum absolute atomic E-state index is 9.58. The molecule has 2 heteroatoms. The molecule has 1 aliphatic carbocycles. The Bertz CT molecular complexity index is 365. The summed E-state index contributed by atoms with van der Waals surface area (Å²) in [4.78, 5) is 0. The van der Waals surface area contributed by atoms with Gasteiger partial charge in [-0.2, -0.15) is 0 Å². The van der Waals surface area contributed by atoms with Crippen LogP contribution in [0.5, 0.6) is 0 Å². The van der Waals surface area contributed by atoms with E-state index in [4.69, 9.17) is 0 Å². The number of aliphatic hydroxyl groups is 1. The average molecular weight is 275 g/mol. The van der Waals surface area contributed by atoms with Gasteiger partial charge in [-0.15, -0.1) is 0 Å². The fourth-order valence-corrected chi connectivity index (χ4v) is 3.34. The summed E-state index contributed by atoms with van der Waals surface area (Å²) in [5.41, 5.74) is 1.39. The minimum atomic E-state index is 0.326. The summed E-state index contributed by atoms with van der Waals surface area (Å²) in [6.07, 6.45) is 8.62. The van der Waals surface area contributed by atoms with Crippen molar-refractivity contribution in [3.8, 4) is 0 Å². The van der Waals surface area contributed by atoms with Gasteiger partial charge < -0.3 is 10.4 Å². The van der Waals surface area contributed by atoms with Crippen molar-refractivity contribution in [3.63, 3.8) is 0 Å². The van der Waals surface area contributed by atoms with E-state index >= 15 is 0 Å². The summed E-state index contributed by atoms with van der Waals surface area (Å²) in [7, 11) is 0. The molecule has 3 atom stereocenters. The zero-order valence-corrected chi connectivity index (χ0v) is 12.7. The van der Waals surface area contributed by atoms with Crippen LogP contribution in [0.2, 0.25) is 0 Å². The molecular weight excluding hydrogens is 246 g/mol. The lowest BCUT2D eigenvalue weighted by Crippen LogP contribution is -2.42. The van der Waals surface area contributed by atoms with E-state index in [-0.39, 0.29) is 0 Å². The quantitative estimate of drug-likeness (QED) is 0.786. The topological polar surface area (TPSA) is 32.3 Å². The number of aliphatic hydroxyl groups excluding tert-OH is 1. The van der Waals surface area contributed by atoms with Gasteiger partial charge in [-0.3, -0.25) is 0 Å². The monoisotopic (exact) mass is 275 g/mol. The van der Waals surface area contributed by atoms with Crippen LogP contribution in [0, 0.1) is 5.92 Å². The molecule has 0 aromatic heterocycles. The first-order chi connectivity index (χ1) is 9.85. The maximum atomic E-state index is 9.58. The van der Waals surface area contributed by atoms with Crippen molar-refractivity contribution in [2.45, 2.75) is 64.0 Å². The summed E-state index contributed by atoms with van der Waals surface area (Å²) in [6.45, 7) is 2.58. The Morgan fingerprint density at radius 3 is 2.65 bits per heavy atom. The highest BCUT2D eigenvalue weighted by molar-refractivity contribution is 5.19. The minimum Gasteiger partial charge on any atom is -0.396 e. The highest BCUT2D eigenvalue weighted by atomic mass is 16.3. The van der Waals surface area contributed by atoms with Crippen LogP contribution in [0.3, 0.4) is 0 Å². The summed E-state index contributed by atoms with van der Waals surface area (Å²) in [5, 5.41) is 13.4. The number of rotatable bonds is 7. The van der Waals surface area contributed by atoms with Crippen molar-refractivity contribution in [1.82, 2.24) is 5.32 Å². The molecule has 1 aromatic carbocycles. The molecule has 2 N–H and O–H groups in total. The standard InChI is InChI=1S/C18H29NO/c1-2-3-12-17(15-9-5-4-6-10-15)19-18-13-8-7-11-16(18)14-20/h4-6,9-10,16-20H,2-3,7-8,11-14H2,1H3. The summed E-state index contributed by atoms with van der Waals surface area (Å²) in [5.74, 6) is 0.441. The zero-order valence-electron chi connectivity index (χ0n) is 12.7. The van der Waals surface area contributed by atoms with Crippen LogP contribution in [0.1, 0.15) is 63.5 Å². The summed E-state index contributed by atoms with van der Waals surface area (Å²) >= 11 is 0. The lowest BCUT2D eigenvalue weighted by atomic mass is 9.84. The van der Waals surface area contributed by atoms with E-state index in [0.29, 0.717) is 24.6 Å². The third-order valence-electron chi connectivity index (χ3n) is 4.61. The van der Waals surface area contributed by atoms with Gasteiger partial charge in [-0.25, -0.2) is 0 Å². The third-order valence-corrected chi connectivity index (χ3v) is 4.61. The predicted molar refractivity (Wildman–Crippen MR) is 84.7 cm³/mol. The van der Waals surface area contributed by atoms with Gasteiger partial charge in [0.05, 0.1) is 0 Å². The SMILES string of the molecule is CCCCC(NC1CCCCC1CO)c1ccccc1. The van der Waals surface area contributed by atoms with E-state index in [1.807, 2.05) is 0 Å². The molecule has 0 bridgehead atoms. The molecule has 0 aliphatic heterocycles. The van der Waals surface area contributed by atoms with Gasteiger partial charge in [0, 0.05) is 18.7 Å². The number of hydrogen-bond acceptors (Lipinski definition) is 2. The Hall–Kier alpha value is -0.860. The van der Waals surface area contributed by atoms with Crippen LogP contribution in [-0.4, -0.2) is 17.8 Å². The van der Waals surface area contributed by atoms with Crippen molar-refractivity contribution in [3.05, 3.63) is 35.9 Å². The van der Waals surface area contributed by atoms with Crippen LogP contribution in [0.25, 0.3) is 0 Å². The molecule has 112 valence electrons. The first kappa shape index (κ1) is 15.5. The smallest absolute Gasteiger partial charge is 0.0474 e. The van der Waals surface area contributed by atoms with Gasteiger partial charge in [-0.1, -0.05) is 62.9 Å². The molecule has 0 saturated heterocycles. The van der Waals surface area contributed by atoms with Crippen molar-refractivity contribution >= 4 is 0 Å². The Balaban J connectivity index is 2.03. The molecule has 0 radical (unpaired) electrons. The van der Waals surface area contributed by atoms with Gasteiger partial charge in [-0.05, 0) is 30.7 Å². The van der Waals surface area contributed by atoms with E-state index in [1.165, 1.54) is 50.5 Å². The maximum Gasteiger partial charge on any atom is 0.0474 e. The van der Waals surface area contributed by atoms with Gasteiger partial charge in [0.15, 0.2) is 0 Å². The normalized spacial score (nSPS) is 24.5. The number of benzene rings is 1. The first-order valence-electron chi connectivity index (χ1n) is 8.27. The average Bonchev–Trinajstić information content (AvgIpc) is 2.52. The van der Waals surface area contributed by atoms with E-state index in [9.17, 15) is 5.11 Å². The molecule has 1 aromatic rings. The Kier molecular flexibility index (Phi) is 6.55. The van der Waals surface area contributed by atoms with Gasteiger partial charge in [0.25, 0.3) is 0 Å². The third kappa shape index (κ3) is 4.32. The zero-order chi connectivity index (χ0) is 14.2. The van der Waals surface area contributed by atoms with Crippen molar-refractivity contribution in [2.75, 3.05) is 6.61 Å². The van der Waals surface area contributed by atoms with Crippen LogP contribution < -0.4 is 5.32 Å². The van der Waals surface area contributed by atoms with Crippen LogP contribution in [0.4, 0.5) is 0 Å². The van der Waals surface area contributed by atoms with E-state index in [2.05, 4.69) is 42.6 Å².